The van der Waals surface area contributed by atoms with Gasteiger partial charge in [0.05, 0.1) is 11.3 Å². The maximum Gasteiger partial charge on any atom is 0.253 e. The summed E-state index contributed by atoms with van der Waals surface area (Å²) in [6.07, 6.45) is 0. The number of carbonyl (C=O) groups excluding carboxylic acids is 2. The molecule has 3 rings (SSSR count). The fourth-order valence-electron chi connectivity index (χ4n) is 3.65. The van der Waals surface area contributed by atoms with Gasteiger partial charge in [0.25, 0.3) is 5.91 Å². The van der Waals surface area contributed by atoms with Crippen LogP contribution in [0.2, 0.25) is 5.02 Å². The van der Waals surface area contributed by atoms with Crippen LogP contribution >= 0.6 is 11.6 Å². The third-order valence-electron chi connectivity index (χ3n) is 5.23. The largest absolute Gasteiger partial charge is 0.369 e. The third-order valence-corrected chi connectivity index (χ3v) is 7.25. The van der Waals surface area contributed by atoms with Crippen molar-refractivity contribution in [1.82, 2.24) is 9.62 Å². The van der Waals surface area contributed by atoms with Crippen molar-refractivity contribution in [3.05, 3.63) is 58.6 Å². The van der Waals surface area contributed by atoms with Gasteiger partial charge in [0.2, 0.25) is 15.9 Å². The van der Waals surface area contributed by atoms with Crippen molar-refractivity contribution in [2.45, 2.75) is 26.8 Å². The highest BCUT2D eigenvalue weighted by atomic mass is 35.5. The SMILES string of the molecule is Cc1cccc(N2CCN(S(=O)(=O)CC(=O)Nc3cc(Cl)ccc3C(=O)NC(C)C)CC2)c1. The van der Waals surface area contributed by atoms with Gasteiger partial charge in [-0.25, -0.2) is 8.42 Å². The molecule has 1 aliphatic heterocycles. The summed E-state index contributed by atoms with van der Waals surface area (Å²) in [5.74, 6) is -1.82. The van der Waals surface area contributed by atoms with E-state index in [1.807, 2.05) is 39.0 Å². The summed E-state index contributed by atoms with van der Waals surface area (Å²) in [7, 11) is -3.82. The number of aryl methyl sites for hydroxylation is 1. The Morgan fingerprint density at radius 2 is 1.76 bits per heavy atom. The Hall–Kier alpha value is -2.62. The van der Waals surface area contributed by atoms with Crippen molar-refractivity contribution in [1.29, 1.82) is 0 Å². The van der Waals surface area contributed by atoms with Crippen LogP contribution in [-0.4, -0.2) is 62.5 Å². The first-order chi connectivity index (χ1) is 15.5. The van der Waals surface area contributed by atoms with E-state index in [0.29, 0.717) is 31.2 Å². The van der Waals surface area contributed by atoms with Crippen LogP contribution in [-0.2, 0) is 14.8 Å². The van der Waals surface area contributed by atoms with E-state index in [-0.39, 0.29) is 23.2 Å². The van der Waals surface area contributed by atoms with Crippen molar-refractivity contribution in [2.75, 3.05) is 42.1 Å². The van der Waals surface area contributed by atoms with Crippen LogP contribution in [0, 0.1) is 6.92 Å². The lowest BCUT2D eigenvalue weighted by molar-refractivity contribution is -0.113. The molecule has 0 spiro atoms. The van der Waals surface area contributed by atoms with Gasteiger partial charge in [-0.3, -0.25) is 9.59 Å². The normalized spacial score (nSPS) is 14.9. The Kier molecular flexibility index (Phi) is 7.99. The van der Waals surface area contributed by atoms with E-state index in [4.69, 9.17) is 11.6 Å². The van der Waals surface area contributed by atoms with Crippen LogP contribution in [0.25, 0.3) is 0 Å². The van der Waals surface area contributed by atoms with Gasteiger partial charge in [-0.2, -0.15) is 4.31 Å². The number of benzene rings is 2. The average Bonchev–Trinajstić information content (AvgIpc) is 2.73. The van der Waals surface area contributed by atoms with Gasteiger partial charge < -0.3 is 15.5 Å². The molecule has 1 heterocycles. The number of hydrogen-bond acceptors (Lipinski definition) is 5. The quantitative estimate of drug-likeness (QED) is 0.619. The predicted molar refractivity (Wildman–Crippen MR) is 131 cm³/mol. The molecule has 0 aromatic heterocycles. The van der Waals surface area contributed by atoms with E-state index >= 15 is 0 Å². The Morgan fingerprint density at radius 1 is 1.06 bits per heavy atom. The Labute approximate surface area is 200 Å². The predicted octanol–water partition coefficient (Wildman–Crippen LogP) is 2.88. The second-order valence-electron chi connectivity index (χ2n) is 8.35. The average molecular weight is 493 g/mol. The zero-order valence-corrected chi connectivity index (χ0v) is 20.5. The molecule has 2 aromatic rings. The molecule has 0 atom stereocenters. The first-order valence-corrected chi connectivity index (χ1v) is 12.7. The molecule has 0 aliphatic carbocycles. The van der Waals surface area contributed by atoms with Crippen LogP contribution in [0.3, 0.4) is 0 Å². The molecular formula is C23H29ClN4O4S. The van der Waals surface area contributed by atoms with Crippen molar-refractivity contribution < 1.29 is 18.0 Å². The van der Waals surface area contributed by atoms with Crippen LogP contribution in [0.1, 0.15) is 29.8 Å². The van der Waals surface area contributed by atoms with E-state index in [2.05, 4.69) is 21.6 Å². The van der Waals surface area contributed by atoms with Crippen LogP contribution in [0.4, 0.5) is 11.4 Å². The highest BCUT2D eigenvalue weighted by Gasteiger charge is 2.29. The van der Waals surface area contributed by atoms with Gasteiger partial charge in [-0.1, -0.05) is 23.7 Å². The minimum absolute atomic E-state index is 0.101. The highest BCUT2D eigenvalue weighted by Crippen LogP contribution is 2.22. The van der Waals surface area contributed by atoms with Crippen molar-refractivity contribution in [3.8, 4) is 0 Å². The van der Waals surface area contributed by atoms with E-state index in [1.165, 1.54) is 22.5 Å². The van der Waals surface area contributed by atoms with Crippen molar-refractivity contribution in [2.24, 2.45) is 0 Å². The fourth-order valence-corrected chi connectivity index (χ4v) is 5.13. The number of anilines is 2. The molecular weight excluding hydrogens is 464 g/mol. The lowest BCUT2D eigenvalue weighted by Crippen LogP contribution is -2.50. The zero-order valence-electron chi connectivity index (χ0n) is 19.0. The molecule has 8 nitrogen and oxygen atoms in total. The molecule has 1 aliphatic rings. The smallest absolute Gasteiger partial charge is 0.253 e. The summed E-state index contributed by atoms with van der Waals surface area (Å²) < 4.78 is 27.0. The summed E-state index contributed by atoms with van der Waals surface area (Å²) in [4.78, 5) is 27.2. The molecule has 178 valence electrons. The molecule has 1 saturated heterocycles. The van der Waals surface area contributed by atoms with E-state index in [9.17, 15) is 18.0 Å². The molecule has 2 N–H and O–H groups in total. The lowest BCUT2D eigenvalue weighted by Gasteiger charge is -2.35. The maximum atomic E-state index is 12.9. The second-order valence-corrected chi connectivity index (χ2v) is 10.8. The van der Waals surface area contributed by atoms with Crippen molar-refractivity contribution >= 4 is 44.8 Å². The summed E-state index contributed by atoms with van der Waals surface area (Å²) in [6.45, 7) is 7.32. The van der Waals surface area contributed by atoms with Crippen LogP contribution in [0.5, 0.6) is 0 Å². The molecule has 0 saturated carbocycles. The third kappa shape index (κ3) is 6.69. The van der Waals surface area contributed by atoms with Gasteiger partial charge in [-0.05, 0) is 56.7 Å². The second kappa shape index (κ2) is 10.5. The fraction of sp³-hybridized carbons (Fsp3) is 0.391. The summed E-state index contributed by atoms with van der Waals surface area (Å²) in [6, 6.07) is 12.4. The van der Waals surface area contributed by atoms with Gasteiger partial charge in [0.15, 0.2) is 0 Å². The number of nitrogens with one attached hydrogen (secondary N) is 2. The molecule has 0 bridgehead atoms. The van der Waals surface area contributed by atoms with Crippen LogP contribution < -0.4 is 15.5 Å². The number of halogens is 1. The number of hydrogen-bond donors (Lipinski definition) is 2. The van der Waals surface area contributed by atoms with E-state index in [1.54, 1.807) is 0 Å². The summed E-state index contributed by atoms with van der Waals surface area (Å²) in [5.41, 5.74) is 2.58. The zero-order chi connectivity index (χ0) is 24.2. The number of sulfonamides is 1. The summed E-state index contributed by atoms with van der Waals surface area (Å²) in [5, 5.41) is 5.61. The molecule has 33 heavy (non-hydrogen) atoms. The Bertz CT molecular complexity index is 1130. The minimum atomic E-state index is -3.82. The Balaban J connectivity index is 1.64. The number of carbonyl (C=O) groups is 2. The van der Waals surface area contributed by atoms with E-state index in [0.717, 1.165) is 11.3 Å². The monoisotopic (exact) mass is 492 g/mol. The number of amides is 2. The number of nitrogens with zero attached hydrogens (tertiary/aromatic N) is 2. The molecule has 2 aromatic carbocycles. The molecule has 0 radical (unpaired) electrons. The molecule has 1 fully saturated rings. The van der Waals surface area contributed by atoms with Crippen LogP contribution in [0.15, 0.2) is 42.5 Å². The van der Waals surface area contributed by atoms with Gasteiger partial charge in [0.1, 0.15) is 5.75 Å². The maximum absolute atomic E-state index is 12.9. The van der Waals surface area contributed by atoms with Gasteiger partial charge >= 0.3 is 0 Å². The lowest BCUT2D eigenvalue weighted by atomic mass is 10.1. The highest BCUT2D eigenvalue weighted by molar-refractivity contribution is 7.89. The van der Waals surface area contributed by atoms with Gasteiger partial charge in [-0.15, -0.1) is 0 Å². The number of piperazine rings is 1. The van der Waals surface area contributed by atoms with Crippen molar-refractivity contribution in [3.63, 3.8) is 0 Å². The Morgan fingerprint density at radius 3 is 2.39 bits per heavy atom. The number of rotatable bonds is 7. The first kappa shape index (κ1) is 25.0. The standard InChI is InChI=1S/C23H29ClN4O4S/c1-16(2)25-23(30)20-8-7-18(24)14-21(20)26-22(29)15-33(31,32)28-11-9-27(10-12-28)19-6-4-5-17(3)13-19/h4-8,13-14,16H,9-12,15H2,1-3H3,(H,25,30)(H,26,29). The van der Waals surface area contributed by atoms with Gasteiger partial charge in [0, 0.05) is 42.9 Å². The molecule has 2 amide bonds. The molecule has 0 unspecified atom stereocenters. The minimum Gasteiger partial charge on any atom is -0.369 e. The summed E-state index contributed by atoms with van der Waals surface area (Å²) >= 11 is 6.03. The first-order valence-electron chi connectivity index (χ1n) is 10.7. The topological polar surface area (TPSA) is 98.8 Å². The molecule has 10 heteroatoms. The van der Waals surface area contributed by atoms with E-state index < -0.39 is 21.7 Å².